The van der Waals surface area contributed by atoms with E-state index in [1.54, 1.807) is 6.07 Å². The second kappa shape index (κ2) is 5.04. The summed E-state index contributed by atoms with van der Waals surface area (Å²) in [6.45, 7) is 3.59. The van der Waals surface area contributed by atoms with Crippen molar-refractivity contribution in [2.45, 2.75) is 20.3 Å². The van der Waals surface area contributed by atoms with Gasteiger partial charge in [-0.2, -0.15) is 0 Å². The summed E-state index contributed by atoms with van der Waals surface area (Å²) in [6.07, 6.45) is 0.919. The van der Waals surface area contributed by atoms with Crippen LogP contribution in [-0.4, -0.2) is 22.7 Å². The van der Waals surface area contributed by atoms with Crippen LogP contribution in [-0.2, 0) is 11.2 Å². The molecule has 0 aliphatic heterocycles. The third-order valence-electron chi connectivity index (χ3n) is 2.72. The number of hydrogen-bond acceptors (Lipinski definition) is 3. The molecule has 1 aromatic carbocycles. The third kappa shape index (κ3) is 2.59. The fraction of sp³-hybridized carbons (Fsp3) is 0.286. The van der Waals surface area contributed by atoms with Crippen LogP contribution < -0.4 is 4.74 Å². The Balaban J connectivity index is 2.50. The second-order valence-electron chi connectivity index (χ2n) is 4.15. The van der Waals surface area contributed by atoms with Crippen LogP contribution in [0.15, 0.2) is 24.3 Å². The predicted molar refractivity (Wildman–Crippen MR) is 69.0 cm³/mol. The van der Waals surface area contributed by atoms with E-state index < -0.39 is 5.97 Å². The first-order valence-corrected chi connectivity index (χ1v) is 5.85. The van der Waals surface area contributed by atoms with Crippen LogP contribution in [0.5, 0.6) is 5.75 Å². The van der Waals surface area contributed by atoms with Crippen molar-refractivity contribution in [3.63, 3.8) is 0 Å². The van der Waals surface area contributed by atoms with Gasteiger partial charge >= 0.3 is 5.97 Å². The molecule has 0 radical (unpaired) electrons. The zero-order chi connectivity index (χ0) is 13.1. The van der Waals surface area contributed by atoms with Gasteiger partial charge in [-0.25, -0.2) is 4.79 Å². The van der Waals surface area contributed by atoms with Crippen LogP contribution >= 0.6 is 0 Å². The van der Waals surface area contributed by atoms with E-state index in [9.17, 15) is 4.79 Å². The Bertz CT molecular complexity index is 593. The molecule has 2 aromatic rings. The third-order valence-corrected chi connectivity index (χ3v) is 2.72. The molecule has 0 atom stereocenters. The smallest absolute Gasteiger partial charge is 0.341 e. The number of aliphatic carboxylic acids is 1. The highest BCUT2D eigenvalue weighted by Crippen LogP contribution is 2.26. The van der Waals surface area contributed by atoms with E-state index >= 15 is 0 Å². The lowest BCUT2D eigenvalue weighted by molar-refractivity contribution is -0.139. The number of nitrogens with zero attached hydrogens (tertiary/aromatic N) is 1. The maximum atomic E-state index is 10.6. The number of carbonyl (C=O) groups is 1. The lowest BCUT2D eigenvalue weighted by atomic mass is 10.1. The van der Waals surface area contributed by atoms with Crippen molar-refractivity contribution in [1.82, 2.24) is 4.98 Å². The Kier molecular flexibility index (Phi) is 3.46. The van der Waals surface area contributed by atoms with E-state index in [0.29, 0.717) is 5.75 Å². The number of fused-ring (bicyclic) bond motifs is 1. The SMILES string of the molecule is CCc1ccc2nc(C)cc(OCC(=O)O)c2c1. The van der Waals surface area contributed by atoms with E-state index in [2.05, 4.69) is 11.9 Å². The van der Waals surface area contributed by atoms with Gasteiger partial charge in [0, 0.05) is 17.1 Å². The van der Waals surface area contributed by atoms with Crippen LogP contribution in [0.3, 0.4) is 0 Å². The maximum absolute atomic E-state index is 10.6. The number of rotatable bonds is 4. The van der Waals surface area contributed by atoms with Crippen LogP contribution in [0.1, 0.15) is 18.2 Å². The Morgan fingerprint density at radius 2 is 2.17 bits per heavy atom. The molecule has 1 N–H and O–H groups in total. The van der Waals surface area contributed by atoms with Crippen LogP contribution in [0.4, 0.5) is 0 Å². The number of aromatic nitrogens is 1. The molecule has 4 heteroatoms. The van der Waals surface area contributed by atoms with Gasteiger partial charge in [0.15, 0.2) is 6.61 Å². The number of pyridine rings is 1. The van der Waals surface area contributed by atoms with Crippen LogP contribution in [0.2, 0.25) is 0 Å². The second-order valence-corrected chi connectivity index (χ2v) is 4.15. The van der Waals surface area contributed by atoms with Gasteiger partial charge < -0.3 is 9.84 Å². The van der Waals surface area contributed by atoms with Gasteiger partial charge in [0.25, 0.3) is 0 Å². The first-order chi connectivity index (χ1) is 8.60. The average Bonchev–Trinajstić information content (AvgIpc) is 2.35. The number of carboxylic acid groups (broad SMARTS) is 1. The Hall–Kier alpha value is -2.10. The standard InChI is InChI=1S/C14H15NO3/c1-3-10-4-5-12-11(7-10)13(6-9(2)15-12)18-8-14(16)17/h4-7H,3,8H2,1-2H3,(H,16,17). The largest absolute Gasteiger partial charge is 0.481 e. The van der Waals surface area contributed by atoms with Gasteiger partial charge in [0.05, 0.1) is 5.52 Å². The van der Waals surface area contributed by atoms with Crippen LogP contribution in [0.25, 0.3) is 10.9 Å². The first-order valence-electron chi connectivity index (χ1n) is 5.85. The van der Waals surface area contributed by atoms with E-state index in [1.807, 2.05) is 25.1 Å². The predicted octanol–water partition coefficient (Wildman–Crippen LogP) is 2.57. The van der Waals surface area contributed by atoms with Crippen molar-refractivity contribution in [2.75, 3.05) is 6.61 Å². The molecule has 1 heterocycles. The molecule has 0 unspecified atom stereocenters. The first kappa shape index (κ1) is 12.4. The summed E-state index contributed by atoms with van der Waals surface area (Å²) >= 11 is 0. The normalized spacial score (nSPS) is 10.6. The molecule has 18 heavy (non-hydrogen) atoms. The minimum atomic E-state index is -0.982. The zero-order valence-electron chi connectivity index (χ0n) is 10.4. The van der Waals surface area contributed by atoms with E-state index in [-0.39, 0.29) is 6.61 Å². The summed E-state index contributed by atoms with van der Waals surface area (Å²) in [5, 5.41) is 9.54. The highest BCUT2D eigenvalue weighted by Gasteiger charge is 2.07. The van der Waals surface area contributed by atoms with Gasteiger partial charge in [0.2, 0.25) is 0 Å². The lowest BCUT2D eigenvalue weighted by Gasteiger charge is -2.09. The van der Waals surface area contributed by atoms with E-state index in [4.69, 9.17) is 9.84 Å². The van der Waals surface area contributed by atoms with Gasteiger partial charge in [-0.15, -0.1) is 0 Å². The molecule has 4 nitrogen and oxygen atoms in total. The van der Waals surface area contributed by atoms with Crippen LogP contribution in [0, 0.1) is 6.92 Å². The van der Waals surface area contributed by atoms with Crippen molar-refractivity contribution in [3.8, 4) is 5.75 Å². The van der Waals surface area contributed by atoms with Gasteiger partial charge in [-0.3, -0.25) is 4.98 Å². The summed E-state index contributed by atoms with van der Waals surface area (Å²) in [7, 11) is 0. The Morgan fingerprint density at radius 3 is 2.83 bits per heavy atom. The quantitative estimate of drug-likeness (QED) is 0.899. The molecule has 0 saturated heterocycles. The Labute approximate surface area is 105 Å². The van der Waals surface area contributed by atoms with Crippen molar-refractivity contribution >= 4 is 16.9 Å². The molecule has 0 bridgehead atoms. The summed E-state index contributed by atoms with van der Waals surface area (Å²) in [6, 6.07) is 7.73. The summed E-state index contributed by atoms with van der Waals surface area (Å²) < 4.78 is 5.32. The molecule has 0 aliphatic rings. The topological polar surface area (TPSA) is 59.4 Å². The van der Waals surface area contributed by atoms with E-state index in [1.165, 1.54) is 5.56 Å². The zero-order valence-corrected chi connectivity index (χ0v) is 10.4. The molecule has 2 rings (SSSR count). The lowest BCUT2D eigenvalue weighted by Crippen LogP contribution is -2.10. The average molecular weight is 245 g/mol. The maximum Gasteiger partial charge on any atom is 0.341 e. The van der Waals surface area contributed by atoms with Crippen molar-refractivity contribution in [1.29, 1.82) is 0 Å². The van der Waals surface area contributed by atoms with Gasteiger partial charge in [-0.05, 0) is 31.0 Å². The monoisotopic (exact) mass is 245 g/mol. The Morgan fingerprint density at radius 1 is 1.39 bits per heavy atom. The fourth-order valence-electron chi connectivity index (χ4n) is 1.85. The highest BCUT2D eigenvalue weighted by atomic mass is 16.5. The fourth-order valence-corrected chi connectivity index (χ4v) is 1.85. The molecular weight excluding hydrogens is 230 g/mol. The van der Waals surface area contributed by atoms with Crippen molar-refractivity contribution in [3.05, 3.63) is 35.5 Å². The molecule has 0 spiro atoms. The molecule has 0 amide bonds. The number of hydrogen-bond donors (Lipinski definition) is 1. The minimum absolute atomic E-state index is 0.338. The van der Waals surface area contributed by atoms with Crippen molar-refractivity contribution < 1.29 is 14.6 Å². The van der Waals surface area contributed by atoms with Gasteiger partial charge in [0.1, 0.15) is 5.75 Å². The number of carboxylic acids is 1. The molecule has 1 aromatic heterocycles. The number of benzene rings is 1. The van der Waals surface area contributed by atoms with Crippen molar-refractivity contribution in [2.24, 2.45) is 0 Å². The van der Waals surface area contributed by atoms with Gasteiger partial charge in [-0.1, -0.05) is 13.0 Å². The summed E-state index contributed by atoms with van der Waals surface area (Å²) in [5.41, 5.74) is 2.81. The molecule has 0 aliphatic carbocycles. The minimum Gasteiger partial charge on any atom is -0.481 e. The molecular formula is C14H15NO3. The summed E-state index contributed by atoms with van der Waals surface area (Å²) in [4.78, 5) is 15.0. The summed E-state index contributed by atoms with van der Waals surface area (Å²) in [5.74, 6) is -0.403. The molecule has 94 valence electrons. The molecule has 0 saturated carbocycles. The number of ether oxygens (including phenoxy) is 1. The molecule has 0 fully saturated rings. The highest BCUT2D eigenvalue weighted by molar-refractivity contribution is 5.86. The number of aryl methyl sites for hydroxylation is 2. The van der Waals surface area contributed by atoms with E-state index in [0.717, 1.165) is 23.0 Å².